The number of nitrogens with zero attached hydrogens (tertiary/aromatic N) is 3. The number of nitriles is 1. The summed E-state index contributed by atoms with van der Waals surface area (Å²) in [7, 11) is 0. The smallest absolute Gasteiger partial charge is 0.103 e. The molecule has 1 heterocycles. The molecule has 0 fully saturated rings. The van der Waals surface area contributed by atoms with Crippen molar-refractivity contribution in [2.24, 2.45) is 0 Å². The summed E-state index contributed by atoms with van der Waals surface area (Å²) in [5.74, 6) is 0. The van der Waals surface area contributed by atoms with Crippen molar-refractivity contribution in [1.29, 1.82) is 5.26 Å². The molecule has 126 valence electrons. The van der Waals surface area contributed by atoms with Crippen LogP contribution >= 0.6 is 12.6 Å². The average Bonchev–Trinajstić information content (AvgIpc) is 2.99. The van der Waals surface area contributed by atoms with Crippen LogP contribution in [0.2, 0.25) is 0 Å². The van der Waals surface area contributed by atoms with E-state index in [1.807, 2.05) is 61.5 Å². The van der Waals surface area contributed by atoms with Gasteiger partial charge in [0.15, 0.2) is 0 Å². The van der Waals surface area contributed by atoms with Crippen LogP contribution in [-0.2, 0) is 6.42 Å². The third-order valence-electron chi connectivity index (χ3n) is 4.16. The fourth-order valence-corrected chi connectivity index (χ4v) is 3.27. The van der Waals surface area contributed by atoms with Crippen LogP contribution < -0.4 is 0 Å². The average molecular weight is 349 g/mol. The highest BCUT2D eigenvalue weighted by atomic mass is 32.1. The molecule has 0 amide bonds. The molecule has 0 saturated carbocycles. The number of aromatic nitrogens is 2. The Morgan fingerprint density at radius 3 is 2.44 bits per heavy atom. The van der Waals surface area contributed by atoms with Crippen molar-refractivity contribution in [3.63, 3.8) is 0 Å². The van der Waals surface area contributed by atoms with Crippen LogP contribution in [-0.4, -0.2) is 21.5 Å². The minimum atomic E-state index is -0.278. The molecule has 5 heteroatoms. The minimum absolute atomic E-state index is 0.127. The highest BCUT2D eigenvalue weighted by molar-refractivity contribution is 7.80. The molecule has 0 saturated heterocycles. The molecule has 0 aliphatic carbocycles. The second-order valence-electron chi connectivity index (χ2n) is 5.82. The van der Waals surface area contributed by atoms with Crippen molar-refractivity contribution in [2.45, 2.75) is 18.6 Å². The lowest BCUT2D eigenvalue weighted by Crippen LogP contribution is -2.07. The number of para-hydroxylation sites is 1. The lowest BCUT2D eigenvalue weighted by atomic mass is 10.0. The first kappa shape index (κ1) is 17.3. The molecule has 3 aromatic rings. The Kier molecular flexibility index (Phi) is 5.22. The number of aliphatic hydroxyl groups excluding tert-OH is 1. The molecule has 0 aliphatic rings. The van der Waals surface area contributed by atoms with Gasteiger partial charge < -0.3 is 5.11 Å². The van der Waals surface area contributed by atoms with Crippen molar-refractivity contribution in [1.82, 2.24) is 9.78 Å². The standard InChI is InChI=1S/C20H19N3OS/c1-14-18(13-21)19(23(22-14)17-5-3-2-4-6-17)20(25)16-9-7-15(8-10-16)11-12-24/h2-10,20,24-25H,11-12H2,1H3. The van der Waals surface area contributed by atoms with Gasteiger partial charge in [-0.3, -0.25) is 0 Å². The van der Waals surface area contributed by atoms with E-state index in [1.165, 1.54) is 0 Å². The first-order chi connectivity index (χ1) is 12.2. The summed E-state index contributed by atoms with van der Waals surface area (Å²) in [6, 6.07) is 20.0. The van der Waals surface area contributed by atoms with E-state index in [2.05, 4.69) is 11.2 Å². The van der Waals surface area contributed by atoms with E-state index >= 15 is 0 Å². The predicted octanol–water partition coefficient (Wildman–Crippen LogP) is 3.61. The molecule has 25 heavy (non-hydrogen) atoms. The number of thiol groups is 1. The molecule has 1 unspecified atom stereocenters. The summed E-state index contributed by atoms with van der Waals surface area (Å²) in [4.78, 5) is 0. The van der Waals surface area contributed by atoms with Crippen molar-refractivity contribution < 1.29 is 5.11 Å². The number of hydrogen-bond acceptors (Lipinski definition) is 4. The summed E-state index contributed by atoms with van der Waals surface area (Å²) < 4.78 is 1.80. The van der Waals surface area contributed by atoms with Gasteiger partial charge in [0.25, 0.3) is 0 Å². The SMILES string of the molecule is Cc1nn(-c2ccccc2)c(C(S)c2ccc(CCO)cc2)c1C#N. The van der Waals surface area contributed by atoms with Gasteiger partial charge in [0.2, 0.25) is 0 Å². The van der Waals surface area contributed by atoms with Crippen molar-refractivity contribution in [3.8, 4) is 11.8 Å². The topological polar surface area (TPSA) is 61.8 Å². The Labute approximate surface area is 152 Å². The van der Waals surface area contributed by atoms with Gasteiger partial charge >= 0.3 is 0 Å². The van der Waals surface area contributed by atoms with Crippen LogP contribution in [0.1, 0.15) is 33.3 Å². The normalized spacial score (nSPS) is 11.9. The lowest BCUT2D eigenvalue weighted by Gasteiger charge is -2.15. The summed E-state index contributed by atoms with van der Waals surface area (Å²) in [6.07, 6.45) is 0.627. The number of aryl methyl sites for hydroxylation is 1. The summed E-state index contributed by atoms with van der Waals surface area (Å²) >= 11 is 4.79. The first-order valence-corrected chi connectivity index (χ1v) is 8.60. The number of benzene rings is 2. The summed E-state index contributed by atoms with van der Waals surface area (Å²) in [5.41, 5.74) is 4.97. The van der Waals surface area contributed by atoms with Gasteiger partial charge in [0, 0.05) is 6.61 Å². The van der Waals surface area contributed by atoms with E-state index < -0.39 is 0 Å². The zero-order valence-corrected chi connectivity index (χ0v) is 14.8. The number of aliphatic hydroxyl groups is 1. The maximum Gasteiger partial charge on any atom is 0.103 e. The third kappa shape index (κ3) is 3.46. The predicted molar refractivity (Wildman–Crippen MR) is 101 cm³/mol. The van der Waals surface area contributed by atoms with Crippen LogP contribution in [0.5, 0.6) is 0 Å². The van der Waals surface area contributed by atoms with Crippen LogP contribution in [0.3, 0.4) is 0 Å². The quantitative estimate of drug-likeness (QED) is 0.692. The molecular weight excluding hydrogens is 330 g/mol. The van der Waals surface area contributed by atoms with Gasteiger partial charge in [-0.1, -0.05) is 42.5 Å². The number of rotatable bonds is 5. The van der Waals surface area contributed by atoms with Gasteiger partial charge in [0.1, 0.15) is 6.07 Å². The fourth-order valence-electron chi connectivity index (χ4n) is 2.86. The molecule has 3 rings (SSSR count). The Morgan fingerprint density at radius 1 is 1.16 bits per heavy atom. The second-order valence-corrected chi connectivity index (χ2v) is 6.34. The minimum Gasteiger partial charge on any atom is -0.396 e. The largest absolute Gasteiger partial charge is 0.396 e. The summed E-state index contributed by atoms with van der Waals surface area (Å²) in [5, 5.41) is 22.9. The van der Waals surface area contributed by atoms with E-state index in [-0.39, 0.29) is 11.9 Å². The van der Waals surface area contributed by atoms with Crippen LogP contribution in [0.4, 0.5) is 0 Å². The van der Waals surface area contributed by atoms with E-state index in [0.29, 0.717) is 17.7 Å². The maximum absolute atomic E-state index is 9.60. The van der Waals surface area contributed by atoms with Gasteiger partial charge in [-0.05, 0) is 36.6 Å². The van der Waals surface area contributed by atoms with Crippen molar-refractivity contribution >= 4 is 12.6 Å². The van der Waals surface area contributed by atoms with Crippen molar-refractivity contribution in [2.75, 3.05) is 6.61 Å². The Morgan fingerprint density at radius 2 is 1.84 bits per heavy atom. The molecule has 0 aliphatic heterocycles. The van der Waals surface area contributed by atoms with E-state index in [4.69, 9.17) is 17.7 Å². The molecular formula is C20H19N3OS. The highest BCUT2D eigenvalue weighted by Gasteiger charge is 2.23. The Balaban J connectivity index is 2.07. The zero-order valence-electron chi connectivity index (χ0n) is 13.9. The lowest BCUT2D eigenvalue weighted by molar-refractivity contribution is 0.299. The number of hydrogen-bond donors (Lipinski definition) is 2. The van der Waals surface area contributed by atoms with Crippen molar-refractivity contribution in [3.05, 3.63) is 82.7 Å². The maximum atomic E-state index is 9.60. The first-order valence-electron chi connectivity index (χ1n) is 8.08. The molecule has 1 aromatic heterocycles. The molecule has 1 atom stereocenters. The molecule has 0 bridgehead atoms. The van der Waals surface area contributed by atoms with Gasteiger partial charge in [-0.15, -0.1) is 0 Å². The Hall–Kier alpha value is -2.55. The molecule has 2 aromatic carbocycles. The van der Waals surface area contributed by atoms with E-state index in [9.17, 15) is 5.26 Å². The second kappa shape index (κ2) is 7.56. The van der Waals surface area contributed by atoms with Crippen LogP contribution in [0.25, 0.3) is 5.69 Å². The highest BCUT2D eigenvalue weighted by Crippen LogP contribution is 2.33. The van der Waals surface area contributed by atoms with E-state index in [0.717, 1.165) is 22.5 Å². The monoisotopic (exact) mass is 349 g/mol. The third-order valence-corrected chi connectivity index (χ3v) is 4.71. The van der Waals surface area contributed by atoms with E-state index in [1.54, 1.807) is 4.68 Å². The van der Waals surface area contributed by atoms with Gasteiger partial charge in [0.05, 0.1) is 27.9 Å². The van der Waals surface area contributed by atoms with Crippen LogP contribution in [0, 0.1) is 18.3 Å². The van der Waals surface area contributed by atoms with Gasteiger partial charge in [-0.2, -0.15) is 23.0 Å². The fraction of sp³-hybridized carbons (Fsp3) is 0.200. The molecule has 0 radical (unpaired) electrons. The zero-order chi connectivity index (χ0) is 17.8. The molecule has 4 nitrogen and oxygen atoms in total. The molecule has 0 spiro atoms. The summed E-state index contributed by atoms with van der Waals surface area (Å²) in [6.45, 7) is 1.97. The van der Waals surface area contributed by atoms with Gasteiger partial charge in [-0.25, -0.2) is 4.68 Å². The molecule has 1 N–H and O–H groups in total. The van der Waals surface area contributed by atoms with Crippen LogP contribution in [0.15, 0.2) is 54.6 Å². The Bertz CT molecular complexity index is 895.